The van der Waals surface area contributed by atoms with Gasteiger partial charge in [-0.25, -0.2) is 4.79 Å². The fraction of sp³-hybridized carbons (Fsp3) is 0.238. The lowest BCUT2D eigenvalue weighted by atomic mass is 10.1. The predicted octanol–water partition coefficient (Wildman–Crippen LogP) is 5.19. The third-order valence-electron chi connectivity index (χ3n) is 3.61. The van der Waals surface area contributed by atoms with Crippen LogP contribution in [0.2, 0.25) is 5.02 Å². The summed E-state index contributed by atoms with van der Waals surface area (Å²) in [5.41, 5.74) is 1.95. The summed E-state index contributed by atoms with van der Waals surface area (Å²) >= 11 is 5.82. The third kappa shape index (κ3) is 6.73. The Labute approximate surface area is 158 Å². The lowest BCUT2D eigenvalue weighted by molar-refractivity contribution is -0.111. The Bertz CT molecular complexity index is 765. The van der Waals surface area contributed by atoms with Crippen LogP contribution in [0.1, 0.15) is 36.2 Å². The van der Waals surface area contributed by atoms with Crippen LogP contribution in [0, 0.1) is 5.92 Å². The van der Waals surface area contributed by atoms with Gasteiger partial charge in [-0.05, 0) is 60.4 Å². The zero-order valence-electron chi connectivity index (χ0n) is 14.9. The Morgan fingerprint density at radius 1 is 1.08 bits per heavy atom. The van der Waals surface area contributed by atoms with Gasteiger partial charge in [0.1, 0.15) is 0 Å². The zero-order chi connectivity index (χ0) is 18.9. The van der Waals surface area contributed by atoms with Crippen molar-refractivity contribution >= 4 is 35.2 Å². The van der Waals surface area contributed by atoms with Gasteiger partial charge in [-0.1, -0.05) is 37.6 Å². The summed E-state index contributed by atoms with van der Waals surface area (Å²) in [7, 11) is 0. The van der Waals surface area contributed by atoms with E-state index >= 15 is 0 Å². The van der Waals surface area contributed by atoms with Gasteiger partial charge in [0.25, 0.3) is 0 Å². The Hall–Kier alpha value is -2.59. The van der Waals surface area contributed by atoms with E-state index in [1.54, 1.807) is 42.5 Å². The second-order valence-corrected chi connectivity index (χ2v) is 6.71. The molecule has 0 saturated heterocycles. The molecule has 26 heavy (non-hydrogen) atoms. The zero-order valence-corrected chi connectivity index (χ0v) is 15.6. The molecular weight excluding hydrogens is 350 g/mol. The number of rotatable bonds is 7. The van der Waals surface area contributed by atoms with E-state index in [1.165, 1.54) is 6.08 Å². The number of ether oxygens (including phenoxy) is 1. The second-order valence-electron chi connectivity index (χ2n) is 6.27. The molecule has 2 aromatic rings. The largest absolute Gasteiger partial charge is 0.462 e. The topological polar surface area (TPSA) is 55.4 Å². The van der Waals surface area contributed by atoms with Crippen molar-refractivity contribution in [1.82, 2.24) is 0 Å². The highest BCUT2D eigenvalue weighted by Crippen LogP contribution is 2.13. The maximum atomic E-state index is 12.0. The first-order chi connectivity index (χ1) is 12.4. The predicted molar refractivity (Wildman–Crippen MR) is 105 cm³/mol. The monoisotopic (exact) mass is 371 g/mol. The van der Waals surface area contributed by atoms with E-state index in [0.717, 1.165) is 12.0 Å². The van der Waals surface area contributed by atoms with Crippen LogP contribution in [-0.4, -0.2) is 18.5 Å². The van der Waals surface area contributed by atoms with Gasteiger partial charge < -0.3 is 10.1 Å². The highest BCUT2D eigenvalue weighted by atomic mass is 35.5. The summed E-state index contributed by atoms with van der Waals surface area (Å²) in [4.78, 5) is 23.9. The number of carbonyl (C=O) groups excluding carboxylic acids is 2. The summed E-state index contributed by atoms with van der Waals surface area (Å²) in [6, 6.07) is 13.8. The Balaban J connectivity index is 1.86. The van der Waals surface area contributed by atoms with Crippen LogP contribution in [0.25, 0.3) is 6.08 Å². The Kier molecular flexibility index (Phi) is 7.42. The number of halogens is 1. The summed E-state index contributed by atoms with van der Waals surface area (Å²) in [5, 5.41) is 3.39. The van der Waals surface area contributed by atoms with Crippen molar-refractivity contribution in [2.75, 3.05) is 11.9 Å². The quantitative estimate of drug-likeness (QED) is 0.538. The fourth-order valence-electron chi connectivity index (χ4n) is 2.09. The molecule has 1 N–H and O–H groups in total. The van der Waals surface area contributed by atoms with Crippen LogP contribution in [0.4, 0.5) is 5.69 Å². The molecule has 0 atom stereocenters. The first kappa shape index (κ1) is 19.7. The molecule has 0 fully saturated rings. The van der Waals surface area contributed by atoms with Crippen molar-refractivity contribution in [2.24, 2.45) is 5.92 Å². The van der Waals surface area contributed by atoms with Crippen molar-refractivity contribution in [2.45, 2.75) is 20.3 Å². The van der Waals surface area contributed by atoms with Gasteiger partial charge in [0, 0.05) is 16.8 Å². The van der Waals surface area contributed by atoms with E-state index in [9.17, 15) is 9.59 Å². The number of nitrogens with one attached hydrogen (secondary N) is 1. The van der Waals surface area contributed by atoms with Crippen LogP contribution in [0.3, 0.4) is 0 Å². The van der Waals surface area contributed by atoms with Crippen molar-refractivity contribution in [1.29, 1.82) is 0 Å². The van der Waals surface area contributed by atoms with E-state index < -0.39 is 0 Å². The molecule has 4 nitrogen and oxygen atoms in total. The van der Waals surface area contributed by atoms with E-state index in [0.29, 0.717) is 28.8 Å². The number of carbonyl (C=O) groups is 2. The smallest absolute Gasteiger partial charge is 0.338 e. The summed E-state index contributed by atoms with van der Waals surface area (Å²) in [6.07, 6.45) is 3.98. The second kappa shape index (κ2) is 9.78. The molecule has 2 rings (SSSR count). The molecule has 136 valence electrons. The summed E-state index contributed by atoms with van der Waals surface area (Å²) < 4.78 is 5.21. The van der Waals surface area contributed by atoms with Gasteiger partial charge in [0.15, 0.2) is 0 Å². The standard InChI is InChI=1S/C21H22ClNO3/c1-15(2)13-14-26-21(25)17-6-10-19(11-7-17)23-20(24)12-5-16-3-8-18(22)9-4-16/h3-12,15H,13-14H2,1-2H3,(H,23,24)/b12-5+. The summed E-state index contributed by atoms with van der Waals surface area (Å²) in [6.45, 7) is 4.56. The molecule has 5 heteroatoms. The molecule has 0 saturated carbocycles. The summed E-state index contributed by atoms with van der Waals surface area (Å²) in [5.74, 6) is -0.125. The van der Waals surface area contributed by atoms with Gasteiger partial charge in [-0.3, -0.25) is 4.79 Å². The Morgan fingerprint density at radius 2 is 1.73 bits per heavy atom. The molecule has 0 heterocycles. The SMILES string of the molecule is CC(C)CCOC(=O)c1ccc(NC(=O)/C=C/c2ccc(Cl)cc2)cc1. The van der Waals surface area contributed by atoms with Crippen LogP contribution in [-0.2, 0) is 9.53 Å². The molecule has 2 aromatic carbocycles. The van der Waals surface area contributed by atoms with Gasteiger partial charge in [0.05, 0.1) is 12.2 Å². The van der Waals surface area contributed by atoms with Crippen molar-refractivity contribution < 1.29 is 14.3 Å². The van der Waals surface area contributed by atoms with Crippen LogP contribution >= 0.6 is 11.6 Å². The van der Waals surface area contributed by atoms with Crippen molar-refractivity contribution in [3.63, 3.8) is 0 Å². The van der Waals surface area contributed by atoms with Crippen molar-refractivity contribution in [3.05, 3.63) is 70.8 Å². The number of anilines is 1. The maximum absolute atomic E-state index is 12.0. The molecule has 0 aliphatic carbocycles. The third-order valence-corrected chi connectivity index (χ3v) is 3.87. The number of hydrogen-bond donors (Lipinski definition) is 1. The van der Waals surface area contributed by atoms with E-state index in [2.05, 4.69) is 19.2 Å². The van der Waals surface area contributed by atoms with E-state index in [4.69, 9.17) is 16.3 Å². The van der Waals surface area contributed by atoms with E-state index in [1.807, 2.05) is 12.1 Å². The van der Waals surface area contributed by atoms with Crippen LogP contribution in [0.5, 0.6) is 0 Å². The van der Waals surface area contributed by atoms with E-state index in [-0.39, 0.29) is 11.9 Å². The minimum atomic E-state index is -0.355. The minimum absolute atomic E-state index is 0.257. The fourth-order valence-corrected chi connectivity index (χ4v) is 2.22. The minimum Gasteiger partial charge on any atom is -0.462 e. The molecular formula is C21H22ClNO3. The molecule has 0 radical (unpaired) electrons. The molecule has 1 amide bonds. The van der Waals surface area contributed by atoms with Crippen LogP contribution in [0.15, 0.2) is 54.6 Å². The first-order valence-corrected chi connectivity index (χ1v) is 8.83. The maximum Gasteiger partial charge on any atom is 0.338 e. The molecule has 0 bridgehead atoms. The van der Waals surface area contributed by atoms with Gasteiger partial charge >= 0.3 is 5.97 Å². The number of benzene rings is 2. The highest BCUT2D eigenvalue weighted by molar-refractivity contribution is 6.30. The average molecular weight is 372 g/mol. The number of esters is 1. The van der Waals surface area contributed by atoms with Gasteiger partial charge in [0.2, 0.25) is 5.91 Å². The Morgan fingerprint density at radius 3 is 2.35 bits per heavy atom. The number of amides is 1. The van der Waals surface area contributed by atoms with Crippen molar-refractivity contribution in [3.8, 4) is 0 Å². The normalized spacial score (nSPS) is 10.9. The first-order valence-electron chi connectivity index (χ1n) is 8.46. The lowest BCUT2D eigenvalue weighted by Crippen LogP contribution is -2.10. The molecule has 0 aromatic heterocycles. The average Bonchev–Trinajstić information content (AvgIpc) is 2.61. The van der Waals surface area contributed by atoms with Crippen LogP contribution < -0.4 is 5.32 Å². The lowest BCUT2D eigenvalue weighted by Gasteiger charge is -2.07. The highest BCUT2D eigenvalue weighted by Gasteiger charge is 2.08. The molecule has 0 aliphatic heterocycles. The molecule has 0 aliphatic rings. The number of hydrogen-bond acceptors (Lipinski definition) is 3. The molecule has 0 spiro atoms. The van der Waals surface area contributed by atoms with Gasteiger partial charge in [-0.2, -0.15) is 0 Å². The van der Waals surface area contributed by atoms with Gasteiger partial charge in [-0.15, -0.1) is 0 Å². The molecule has 0 unspecified atom stereocenters.